The molecule has 2 N–H and O–H groups in total. The van der Waals surface area contributed by atoms with Gasteiger partial charge in [-0.05, 0) is 32.0 Å². The third-order valence-corrected chi connectivity index (χ3v) is 5.62. The van der Waals surface area contributed by atoms with Gasteiger partial charge in [-0.3, -0.25) is 14.2 Å². The predicted octanol–water partition coefficient (Wildman–Crippen LogP) is 2.54. The number of imidazole rings is 1. The number of fused-ring (bicyclic) bond motifs is 1. The Bertz CT molecular complexity index is 1160. The average molecular weight is 368 g/mol. The van der Waals surface area contributed by atoms with Crippen molar-refractivity contribution in [3.05, 3.63) is 60.3 Å². The summed E-state index contributed by atoms with van der Waals surface area (Å²) in [5, 5.41) is 6.64. The first-order valence-corrected chi connectivity index (χ1v) is 9.37. The fourth-order valence-electron chi connectivity index (χ4n) is 2.85. The van der Waals surface area contributed by atoms with Crippen molar-refractivity contribution in [2.75, 3.05) is 4.72 Å². The predicted molar refractivity (Wildman–Crippen MR) is 97.3 cm³/mol. The highest BCUT2D eigenvalue weighted by atomic mass is 32.2. The molecule has 0 fully saturated rings. The Hall–Kier alpha value is -3.20. The van der Waals surface area contributed by atoms with Crippen LogP contribution in [0.4, 0.5) is 5.69 Å². The Labute approximate surface area is 150 Å². The minimum absolute atomic E-state index is 0.167. The molecule has 132 valence electrons. The van der Waals surface area contributed by atoms with Crippen LogP contribution in [0.25, 0.3) is 17.0 Å². The van der Waals surface area contributed by atoms with E-state index in [1.165, 1.54) is 0 Å². The summed E-state index contributed by atoms with van der Waals surface area (Å²) in [5.41, 5.74) is 2.87. The molecular weight excluding hydrogens is 352 g/mol. The average Bonchev–Trinajstić information content (AvgIpc) is 3.18. The van der Waals surface area contributed by atoms with Crippen molar-refractivity contribution in [3.63, 3.8) is 0 Å². The molecule has 26 heavy (non-hydrogen) atoms. The van der Waals surface area contributed by atoms with Crippen molar-refractivity contribution in [1.29, 1.82) is 0 Å². The number of anilines is 1. The topological polar surface area (TPSA) is 105 Å². The fraction of sp³-hybridized carbons (Fsp3) is 0.118. The highest BCUT2D eigenvalue weighted by Crippen LogP contribution is 2.25. The lowest BCUT2D eigenvalue weighted by Gasteiger charge is -2.09. The third kappa shape index (κ3) is 2.82. The van der Waals surface area contributed by atoms with E-state index in [0.717, 1.165) is 5.56 Å². The molecule has 1 aromatic carbocycles. The number of nitrogens with zero attached hydrogens (tertiary/aromatic N) is 4. The number of benzene rings is 1. The molecule has 9 heteroatoms. The Kier molecular flexibility index (Phi) is 3.73. The molecule has 0 spiro atoms. The summed E-state index contributed by atoms with van der Waals surface area (Å²) in [4.78, 5) is 8.82. The van der Waals surface area contributed by atoms with Gasteiger partial charge < -0.3 is 0 Å². The summed E-state index contributed by atoms with van der Waals surface area (Å²) in [7, 11) is -3.74. The van der Waals surface area contributed by atoms with Crippen LogP contribution in [-0.4, -0.2) is 33.0 Å². The highest BCUT2D eigenvalue weighted by Gasteiger charge is 2.22. The Morgan fingerprint density at radius 2 is 2.04 bits per heavy atom. The number of sulfonamides is 1. The minimum Gasteiger partial charge on any atom is -0.291 e. The number of hydrogen-bond acceptors (Lipinski definition) is 5. The molecule has 0 radical (unpaired) electrons. The third-order valence-electron chi connectivity index (χ3n) is 3.98. The first-order valence-electron chi connectivity index (χ1n) is 7.88. The summed E-state index contributed by atoms with van der Waals surface area (Å²) >= 11 is 0. The van der Waals surface area contributed by atoms with Gasteiger partial charge in [-0.1, -0.05) is 12.1 Å². The maximum Gasteiger partial charge on any atom is 0.265 e. The van der Waals surface area contributed by atoms with Gasteiger partial charge >= 0.3 is 0 Å². The summed E-state index contributed by atoms with van der Waals surface area (Å²) in [5.74, 6) is 0.582. The maximum absolute atomic E-state index is 12.7. The first kappa shape index (κ1) is 16.3. The van der Waals surface area contributed by atoms with Gasteiger partial charge in [0.15, 0.2) is 0 Å². The molecule has 0 aliphatic rings. The first-order chi connectivity index (χ1) is 12.4. The van der Waals surface area contributed by atoms with Gasteiger partial charge in [0.25, 0.3) is 10.0 Å². The van der Waals surface area contributed by atoms with Crippen molar-refractivity contribution in [2.24, 2.45) is 0 Å². The number of aromatic amines is 1. The minimum atomic E-state index is -3.74. The largest absolute Gasteiger partial charge is 0.291 e. The quantitative estimate of drug-likeness (QED) is 0.576. The van der Waals surface area contributed by atoms with Crippen LogP contribution in [0.5, 0.6) is 0 Å². The Morgan fingerprint density at radius 3 is 2.77 bits per heavy atom. The van der Waals surface area contributed by atoms with Crippen LogP contribution in [0.15, 0.2) is 53.8 Å². The number of rotatable bonds is 4. The summed E-state index contributed by atoms with van der Waals surface area (Å²) in [6.07, 6.45) is 5.38. The van der Waals surface area contributed by atoms with Crippen molar-refractivity contribution in [3.8, 4) is 11.3 Å². The van der Waals surface area contributed by atoms with Gasteiger partial charge in [0.1, 0.15) is 4.90 Å². The lowest BCUT2D eigenvalue weighted by molar-refractivity contribution is 0.600. The summed E-state index contributed by atoms with van der Waals surface area (Å²) in [6.45, 7) is 3.33. The van der Waals surface area contributed by atoms with Gasteiger partial charge in [0, 0.05) is 29.8 Å². The Morgan fingerprint density at radius 1 is 1.19 bits per heavy atom. The zero-order chi connectivity index (χ0) is 18.3. The van der Waals surface area contributed by atoms with Gasteiger partial charge in [-0.2, -0.15) is 5.10 Å². The number of aromatic nitrogens is 5. The van der Waals surface area contributed by atoms with E-state index in [4.69, 9.17) is 0 Å². The van der Waals surface area contributed by atoms with E-state index in [2.05, 4.69) is 24.9 Å². The van der Waals surface area contributed by atoms with Crippen LogP contribution < -0.4 is 4.72 Å². The van der Waals surface area contributed by atoms with Crippen LogP contribution in [0.2, 0.25) is 0 Å². The van der Waals surface area contributed by atoms with E-state index >= 15 is 0 Å². The van der Waals surface area contributed by atoms with Crippen LogP contribution in [-0.2, 0) is 10.0 Å². The van der Waals surface area contributed by atoms with Crippen molar-refractivity contribution < 1.29 is 8.42 Å². The molecule has 3 heterocycles. The van der Waals surface area contributed by atoms with Crippen LogP contribution in [0.3, 0.4) is 0 Å². The zero-order valence-corrected chi connectivity index (χ0v) is 14.9. The number of H-pyrrole nitrogens is 1. The van der Waals surface area contributed by atoms with Crippen LogP contribution in [0.1, 0.15) is 11.4 Å². The van der Waals surface area contributed by atoms with Crippen LogP contribution in [0, 0.1) is 13.8 Å². The lowest BCUT2D eigenvalue weighted by Crippen LogP contribution is -2.14. The SMILES string of the molecule is Cc1n[nH]c(C)c1S(=O)(=O)Nc1cccc(-c2cn3cccnc3n2)c1. The monoisotopic (exact) mass is 368 g/mol. The van der Waals surface area contributed by atoms with Crippen LogP contribution >= 0.6 is 0 Å². The molecule has 0 saturated carbocycles. The molecule has 0 bridgehead atoms. The molecule has 8 nitrogen and oxygen atoms in total. The van der Waals surface area contributed by atoms with E-state index in [9.17, 15) is 8.42 Å². The molecule has 0 saturated heterocycles. The Balaban J connectivity index is 1.70. The highest BCUT2D eigenvalue weighted by molar-refractivity contribution is 7.92. The van der Waals surface area contributed by atoms with E-state index in [0.29, 0.717) is 28.5 Å². The molecule has 4 rings (SSSR count). The zero-order valence-electron chi connectivity index (χ0n) is 14.1. The summed E-state index contributed by atoms with van der Waals surface area (Å²) < 4.78 is 29.8. The number of aryl methyl sites for hydroxylation is 2. The maximum atomic E-state index is 12.7. The van der Waals surface area contributed by atoms with E-state index in [1.807, 2.05) is 28.9 Å². The van der Waals surface area contributed by atoms with E-state index in [1.54, 1.807) is 38.2 Å². The molecular formula is C17H16N6O2S. The standard InChI is InChI=1S/C17H16N6O2S/c1-11-16(12(2)21-20-11)26(24,25)22-14-6-3-5-13(9-14)15-10-23-8-4-7-18-17(23)19-15/h3-10,22H,1-2H3,(H,20,21). The second kappa shape index (κ2) is 5.95. The van der Waals surface area contributed by atoms with Gasteiger partial charge in [0.05, 0.1) is 17.1 Å². The molecule has 0 unspecified atom stereocenters. The second-order valence-electron chi connectivity index (χ2n) is 5.90. The molecule has 0 atom stereocenters. The fourth-order valence-corrected chi connectivity index (χ4v) is 4.28. The van der Waals surface area contributed by atoms with Gasteiger partial charge in [-0.15, -0.1) is 0 Å². The van der Waals surface area contributed by atoms with Crippen molar-refractivity contribution in [1.82, 2.24) is 24.6 Å². The van der Waals surface area contributed by atoms with Gasteiger partial charge in [0.2, 0.25) is 5.78 Å². The van der Waals surface area contributed by atoms with Crippen molar-refractivity contribution in [2.45, 2.75) is 18.7 Å². The van der Waals surface area contributed by atoms with E-state index in [-0.39, 0.29) is 4.90 Å². The lowest BCUT2D eigenvalue weighted by atomic mass is 10.1. The van der Waals surface area contributed by atoms with Crippen molar-refractivity contribution >= 4 is 21.5 Å². The molecule has 0 amide bonds. The summed E-state index contributed by atoms with van der Waals surface area (Å²) in [6, 6.07) is 8.90. The molecule has 0 aliphatic carbocycles. The van der Waals surface area contributed by atoms with Gasteiger partial charge in [-0.25, -0.2) is 18.4 Å². The molecule has 0 aliphatic heterocycles. The second-order valence-corrected chi connectivity index (χ2v) is 7.52. The number of nitrogens with one attached hydrogen (secondary N) is 2. The molecule has 4 aromatic rings. The molecule has 3 aromatic heterocycles. The van der Waals surface area contributed by atoms with E-state index < -0.39 is 10.0 Å². The smallest absolute Gasteiger partial charge is 0.265 e. The number of hydrogen-bond donors (Lipinski definition) is 2. The normalized spacial score (nSPS) is 11.8.